The molecule has 2 rings (SSSR count). The summed E-state index contributed by atoms with van der Waals surface area (Å²) in [6, 6.07) is 17.7. The van der Waals surface area contributed by atoms with E-state index >= 15 is 0 Å². The van der Waals surface area contributed by atoms with Crippen molar-refractivity contribution in [1.82, 2.24) is 5.32 Å². The lowest BCUT2D eigenvalue weighted by Crippen LogP contribution is -2.15. The van der Waals surface area contributed by atoms with Crippen LogP contribution in [0.2, 0.25) is 0 Å². The van der Waals surface area contributed by atoms with Crippen LogP contribution in [0, 0.1) is 0 Å². The number of rotatable bonds is 6. The van der Waals surface area contributed by atoms with Crippen LogP contribution in [-0.2, 0) is 12.0 Å². The standard InChI is InChI=1S/C20H27N/c1-5-20(3,4)18-13-11-16(12-14-18)19-10-8-7-9-17(19)15-21-6-2/h7-14,21H,5-6,15H2,1-4H3. The highest BCUT2D eigenvalue weighted by atomic mass is 14.8. The van der Waals surface area contributed by atoms with Crippen molar-refractivity contribution in [3.8, 4) is 11.1 Å². The summed E-state index contributed by atoms with van der Waals surface area (Å²) in [4.78, 5) is 0. The van der Waals surface area contributed by atoms with Crippen LogP contribution >= 0.6 is 0 Å². The molecule has 1 N–H and O–H groups in total. The van der Waals surface area contributed by atoms with Crippen molar-refractivity contribution in [2.75, 3.05) is 6.54 Å². The molecule has 1 nitrogen and oxygen atoms in total. The summed E-state index contributed by atoms with van der Waals surface area (Å²) in [6.45, 7) is 10.9. The van der Waals surface area contributed by atoms with Gasteiger partial charge in [-0.25, -0.2) is 0 Å². The first-order valence-corrected chi connectivity index (χ1v) is 7.98. The Morgan fingerprint density at radius 2 is 1.57 bits per heavy atom. The molecule has 0 saturated carbocycles. The largest absolute Gasteiger partial charge is 0.313 e. The Balaban J connectivity index is 2.31. The van der Waals surface area contributed by atoms with Gasteiger partial charge < -0.3 is 5.32 Å². The van der Waals surface area contributed by atoms with E-state index in [-0.39, 0.29) is 5.41 Å². The molecule has 0 radical (unpaired) electrons. The lowest BCUT2D eigenvalue weighted by molar-refractivity contribution is 0.506. The van der Waals surface area contributed by atoms with E-state index in [1.807, 2.05) is 0 Å². The molecule has 0 bridgehead atoms. The van der Waals surface area contributed by atoms with Crippen molar-refractivity contribution in [3.63, 3.8) is 0 Å². The fourth-order valence-corrected chi connectivity index (χ4v) is 2.52. The van der Waals surface area contributed by atoms with Crippen molar-refractivity contribution in [1.29, 1.82) is 0 Å². The zero-order chi connectivity index (χ0) is 15.3. The molecule has 112 valence electrons. The van der Waals surface area contributed by atoms with E-state index in [4.69, 9.17) is 0 Å². The van der Waals surface area contributed by atoms with E-state index in [0.717, 1.165) is 19.5 Å². The topological polar surface area (TPSA) is 12.0 Å². The molecule has 0 heterocycles. The second kappa shape index (κ2) is 6.91. The predicted octanol–water partition coefficient (Wildman–Crippen LogP) is 5.15. The van der Waals surface area contributed by atoms with Gasteiger partial charge in [0.1, 0.15) is 0 Å². The highest BCUT2D eigenvalue weighted by molar-refractivity contribution is 5.67. The Morgan fingerprint density at radius 1 is 0.905 bits per heavy atom. The van der Waals surface area contributed by atoms with Crippen molar-refractivity contribution in [2.45, 2.75) is 46.1 Å². The molecule has 0 aliphatic heterocycles. The third-order valence-electron chi connectivity index (χ3n) is 4.44. The maximum atomic E-state index is 3.42. The minimum absolute atomic E-state index is 0.252. The first-order valence-electron chi connectivity index (χ1n) is 7.98. The van der Waals surface area contributed by atoms with E-state index in [1.165, 1.54) is 22.3 Å². The Bertz CT molecular complexity index is 567. The SMILES string of the molecule is CCNCc1ccccc1-c1ccc(C(C)(C)CC)cc1. The molecule has 0 saturated heterocycles. The summed E-state index contributed by atoms with van der Waals surface area (Å²) in [5.41, 5.74) is 5.67. The maximum Gasteiger partial charge on any atom is 0.0211 e. The zero-order valence-electron chi connectivity index (χ0n) is 13.7. The lowest BCUT2D eigenvalue weighted by atomic mass is 9.81. The van der Waals surface area contributed by atoms with Gasteiger partial charge in [-0.3, -0.25) is 0 Å². The van der Waals surface area contributed by atoms with E-state index in [1.54, 1.807) is 0 Å². The van der Waals surface area contributed by atoms with Gasteiger partial charge in [-0.05, 0) is 40.6 Å². The molecule has 2 aromatic rings. The summed E-state index contributed by atoms with van der Waals surface area (Å²) in [5, 5.41) is 3.42. The fourth-order valence-electron chi connectivity index (χ4n) is 2.52. The van der Waals surface area contributed by atoms with Gasteiger partial charge in [0.2, 0.25) is 0 Å². The van der Waals surface area contributed by atoms with Crippen LogP contribution in [0.3, 0.4) is 0 Å². The van der Waals surface area contributed by atoms with E-state index in [9.17, 15) is 0 Å². The van der Waals surface area contributed by atoms with Crippen LogP contribution in [0.5, 0.6) is 0 Å². The van der Waals surface area contributed by atoms with Crippen LogP contribution in [0.15, 0.2) is 48.5 Å². The normalized spacial score (nSPS) is 11.6. The monoisotopic (exact) mass is 281 g/mol. The smallest absolute Gasteiger partial charge is 0.0211 e. The molecule has 0 atom stereocenters. The van der Waals surface area contributed by atoms with Crippen LogP contribution < -0.4 is 5.32 Å². The average molecular weight is 281 g/mol. The van der Waals surface area contributed by atoms with Crippen molar-refractivity contribution in [3.05, 3.63) is 59.7 Å². The number of nitrogens with one attached hydrogen (secondary N) is 1. The molecule has 0 fully saturated rings. The Kier molecular flexibility index (Phi) is 5.19. The third-order valence-corrected chi connectivity index (χ3v) is 4.44. The third kappa shape index (κ3) is 3.74. The van der Waals surface area contributed by atoms with E-state index in [2.05, 4.69) is 81.5 Å². The minimum atomic E-state index is 0.252. The second-order valence-corrected chi connectivity index (χ2v) is 6.25. The highest BCUT2D eigenvalue weighted by Crippen LogP contribution is 2.30. The van der Waals surface area contributed by atoms with Gasteiger partial charge >= 0.3 is 0 Å². The van der Waals surface area contributed by atoms with Gasteiger partial charge in [-0.15, -0.1) is 0 Å². The van der Waals surface area contributed by atoms with Gasteiger partial charge in [-0.2, -0.15) is 0 Å². The minimum Gasteiger partial charge on any atom is -0.313 e. The van der Waals surface area contributed by atoms with E-state index in [0.29, 0.717) is 0 Å². The molecule has 0 aliphatic carbocycles. The number of hydrogen-bond donors (Lipinski definition) is 1. The van der Waals surface area contributed by atoms with Crippen LogP contribution in [0.1, 0.15) is 45.2 Å². The first-order chi connectivity index (χ1) is 10.1. The van der Waals surface area contributed by atoms with Crippen LogP contribution in [-0.4, -0.2) is 6.54 Å². The highest BCUT2D eigenvalue weighted by Gasteiger charge is 2.17. The van der Waals surface area contributed by atoms with Crippen molar-refractivity contribution < 1.29 is 0 Å². The van der Waals surface area contributed by atoms with Gasteiger partial charge in [0.15, 0.2) is 0 Å². The zero-order valence-corrected chi connectivity index (χ0v) is 13.7. The molecule has 2 aromatic carbocycles. The molecular formula is C20H27N. The number of hydrogen-bond acceptors (Lipinski definition) is 1. The maximum absolute atomic E-state index is 3.42. The molecule has 0 aromatic heterocycles. The molecular weight excluding hydrogens is 254 g/mol. The molecule has 0 amide bonds. The Morgan fingerprint density at radius 3 is 2.19 bits per heavy atom. The first kappa shape index (κ1) is 15.8. The predicted molar refractivity (Wildman–Crippen MR) is 92.6 cm³/mol. The summed E-state index contributed by atoms with van der Waals surface area (Å²) >= 11 is 0. The van der Waals surface area contributed by atoms with Crippen LogP contribution in [0.4, 0.5) is 0 Å². The lowest BCUT2D eigenvalue weighted by Gasteiger charge is -2.23. The Labute approximate surface area is 129 Å². The molecule has 0 unspecified atom stereocenters. The molecule has 1 heteroatoms. The summed E-state index contributed by atoms with van der Waals surface area (Å²) in [7, 11) is 0. The van der Waals surface area contributed by atoms with Crippen molar-refractivity contribution in [2.24, 2.45) is 0 Å². The number of benzene rings is 2. The van der Waals surface area contributed by atoms with Gasteiger partial charge in [0, 0.05) is 6.54 Å². The summed E-state index contributed by atoms with van der Waals surface area (Å²) in [6.07, 6.45) is 1.16. The quantitative estimate of drug-likeness (QED) is 0.772. The summed E-state index contributed by atoms with van der Waals surface area (Å²) in [5.74, 6) is 0. The Hall–Kier alpha value is -1.60. The van der Waals surface area contributed by atoms with Gasteiger partial charge in [-0.1, -0.05) is 76.2 Å². The van der Waals surface area contributed by atoms with Crippen molar-refractivity contribution >= 4 is 0 Å². The molecule has 0 aliphatic rings. The molecule has 0 spiro atoms. The average Bonchev–Trinajstić information content (AvgIpc) is 2.53. The molecule has 21 heavy (non-hydrogen) atoms. The van der Waals surface area contributed by atoms with Gasteiger partial charge in [0.25, 0.3) is 0 Å². The van der Waals surface area contributed by atoms with Gasteiger partial charge in [0.05, 0.1) is 0 Å². The fraction of sp³-hybridized carbons (Fsp3) is 0.400. The van der Waals surface area contributed by atoms with E-state index < -0.39 is 0 Å². The van der Waals surface area contributed by atoms with Crippen LogP contribution in [0.25, 0.3) is 11.1 Å². The second-order valence-electron chi connectivity index (χ2n) is 6.25. The summed E-state index contributed by atoms with van der Waals surface area (Å²) < 4.78 is 0.